The molecular weight excluding hydrogens is 386 g/mol. The molecule has 0 aliphatic carbocycles. The molecule has 0 spiro atoms. The number of benzene rings is 1. The van der Waals surface area contributed by atoms with E-state index in [9.17, 15) is 5.26 Å². The van der Waals surface area contributed by atoms with Crippen molar-refractivity contribution in [3.8, 4) is 17.3 Å². The third-order valence-corrected chi connectivity index (χ3v) is 4.82. The molecule has 0 fully saturated rings. The number of rotatable bonds is 4. The van der Waals surface area contributed by atoms with Crippen molar-refractivity contribution in [1.29, 1.82) is 5.26 Å². The number of hydrogen-bond donors (Lipinski definition) is 2. The summed E-state index contributed by atoms with van der Waals surface area (Å²) in [6.45, 7) is 1.96. The Bertz CT molecular complexity index is 1240. The second-order valence-electron chi connectivity index (χ2n) is 6.43. The number of aromatic nitrogens is 4. The number of anilines is 2. The second kappa shape index (κ2) is 7.70. The van der Waals surface area contributed by atoms with Crippen LogP contribution in [-0.2, 0) is 0 Å². The number of pyridine rings is 2. The molecule has 7 nitrogen and oxygen atoms in total. The summed E-state index contributed by atoms with van der Waals surface area (Å²) in [5.74, 6) is 0.497. The van der Waals surface area contributed by atoms with Crippen molar-refractivity contribution in [3.63, 3.8) is 0 Å². The molecule has 4 aromatic rings. The smallest absolute Gasteiger partial charge is 0.150 e. The summed E-state index contributed by atoms with van der Waals surface area (Å²) in [7, 11) is 0. The van der Waals surface area contributed by atoms with E-state index in [0.29, 0.717) is 10.8 Å². The van der Waals surface area contributed by atoms with E-state index in [1.54, 1.807) is 12.4 Å². The fourth-order valence-electron chi connectivity index (χ4n) is 3.21. The molecule has 8 heteroatoms. The van der Waals surface area contributed by atoms with Gasteiger partial charge in [0.15, 0.2) is 0 Å². The van der Waals surface area contributed by atoms with Crippen LogP contribution in [0.3, 0.4) is 0 Å². The van der Waals surface area contributed by atoms with Crippen molar-refractivity contribution in [1.82, 2.24) is 19.9 Å². The Morgan fingerprint density at radius 1 is 1.14 bits per heavy atom. The van der Waals surface area contributed by atoms with E-state index < -0.39 is 0 Å². The zero-order chi connectivity index (χ0) is 20.4. The SMILES string of the molecule is CC(Nc1ncnc(N)c1C#N)c1cnc2ccc(Cl)cc2c1-c1ccccn1. The molecule has 0 radical (unpaired) electrons. The van der Waals surface area contributed by atoms with Gasteiger partial charge in [-0.05, 0) is 37.3 Å². The minimum absolute atomic E-state index is 0.130. The van der Waals surface area contributed by atoms with Gasteiger partial charge >= 0.3 is 0 Å². The molecule has 3 heterocycles. The van der Waals surface area contributed by atoms with E-state index in [-0.39, 0.29) is 17.4 Å². The largest absolute Gasteiger partial charge is 0.382 e. The summed E-state index contributed by atoms with van der Waals surface area (Å²) in [4.78, 5) is 17.2. The van der Waals surface area contributed by atoms with Gasteiger partial charge in [0.05, 0.1) is 17.3 Å². The van der Waals surface area contributed by atoms with Crippen LogP contribution in [0.15, 0.2) is 55.1 Å². The zero-order valence-electron chi connectivity index (χ0n) is 15.5. The molecule has 3 aromatic heterocycles. The summed E-state index contributed by atoms with van der Waals surface area (Å²) in [6.07, 6.45) is 4.87. The van der Waals surface area contributed by atoms with Crippen molar-refractivity contribution in [2.24, 2.45) is 0 Å². The molecule has 29 heavy (non-hydrogen) atoms. The first kappa shape index (κ1) is 18.6. The number of nitrogens with zero attached hydrogens (tertiary/aromatic N) is 5. The van der Waals surface area contributed by atoms with Gasteiger partial charge in [0.25, 0.3) is 0 Å². The minimum Gasteiger partial charge on any atom is -0.382 e. The maximum absolute atomic E-state index is 9.40. The molecule has 1 aromatic carbocycles. The van der Waals surface area contributed by atoms with Crippen LogP contribution in [-0.4, -0.2) is 19.9 Å². The van der Waals surface area contributed by atoms with Gasteiger partial charge in [-0.2, -0.15) is 5.26 Å². The van der Waals surface area contributed by atoms with Crippen LogP contribution < -0.4 is 11.1 Å². The van der Waals surface area contributed by atoms with Crippen LogP contribution >= 0.6 is 11.6 Å². The number of nitrogen functional groups attached to an aromatic ring is 1. The average molecular weight is 402 g/mol. The van der Waals surface area contributed by atoms with E-state index in [4.69, 9.17) is 17.3 Å². The molecule has 0 amide bonds. The van der Waals surface area contributed by atoms with Crippen LogP contribution in [0.1, 0.15) is 24.1 Å². The zero-order valence-corrected chi connectivity index (χ0v) is 16.2. The highest BCUT2D eigenvalue weighted by Crippen LogP contribution is 2.35. The van der Waals surface area contributed by atoms with Gasteiger partial charge in [-0.15, -0.1) is 0 Å². The number of nitriles is 1. The Balaban J connectivity index is 1.88. The van der Waals surface area contributed by atoms with Crippen LogP contribution in [0.25, 0.3) is 22.2 Å². The van der Waals surface area contributed by atoms with Crippen molar-refractivity contribution < 1.29 is 0 Å². The molecule has 1 atom stereocenters. The highest BCUT2D eigenvalue weighted by molar-refractivity contribution is 6.31. The van der Waals surface area contributed by atoms with Crippen molar-refractivity contribution >= 4 is 34.1 Å². The maximum Gasteiger partial charge on any atom is 0.150 e. The Kier molecular flexibility index (Phi) is 4.94. The van der Waals surface area contributed by atoms with Crippen molar-refractivity contribution in [2.45, 2.75) is 13.0 Å². The monoisotopic (exact) mass is 401 g/mol. The Labute approximate surface area is 172 Å². The van der Waals surface area contributed by atoms with Crippen molar-refractivity contribution in [2.75, 3.05) is 11.1 Å². The Morgan fingerprint density at radius 3 is 2.76 bits per heavy atom. The highest BCUT2D eigenvalue weighted by Gasteiger charge is 2.19. The summed E-state index contributed by atoms with van der Waals surface area (Å²) >= 11 is 6.27. The molecule has 3 N–H and O–H groups in total. The number of nitrogens with two attached hydrogens (primary N) is 1. The molecule has 0 aliphatic heterocycles. The molecule has 4 rings (SSSR count). The Morgan fingerprint density at radius 2 is 2.00 bits per heavy atom. The lowest BCUT2D eigenvalue weighted by Crippen LogP contribution is -2.13. The predicted octanol–water partition coefficient (Wildman–Crippen LogP) is 4.37. The van der Waals surface area contributed by atoms with Crippen LogP contribution in [0.4, 0.5) is 11.6 Å². The molecule has 0 saturated carbocycles. The molecule has 142 valence electrons. The summed E-state index contributed by atoms with van der Waals surface area (Å²) < 4.78 is 0. The maximum atomic E-state index is 9.40. The van der Waals surface area contributed by atoms with E-state index in [2.05, 4.69) is 25.3 Å². The minimum atomic E-state index is -0.246. The second-order valence-corrected chi connectivity index (χ2v) is 6.86. The standard InChI is InChI=1S/C21H16ClN7/c1-12(29-21-15(9-23)20(24)27-11-28-21)16-10-26-17-6-5-13(22)8-14(17)19(16)18-4-2-3-7-25-18/h2-8,10-12H,1H3,(H3,24,27,28,29). The average Bonchev–Trinajstić information content (AvgIpc) is 2.73. The van der Waals surface area contributed by atoms with E-state index in [1.807, 2.05) is 49.4 Å². The number of nitrogens with one attached hydrogen (secondary N) is 1. The van der Waals surface area contributed by atoms with Crippen LogP contribution in [0.2, 0.25) is 5.02 Å². The lowest BCUT2D eigenvalue weighted by Gasteiger charge is -2.20. The predicted molar refractivity (Wildman–Crippen MR) is 113 cm³/mol. The van der Waals surface area contributed by atoms with Gasteiger partial charge in [0.1, 0.15) is 29.6 Å². The molecular formula is C21H16ClN7. The number of hydrogen-bond acceptors (Lipinski definition) is 7. The molecule has 1 unspecified atom stereocenters. The number of fused-ring (bicyclic) bond motifs is 1. The third kappa shape index (κ3) is 3.53. The molecule has 0 bridgehead atoms. The van der Waals surface area contributed by atoms with Gasteiger partial charge in [0, 0.05) is 33.9 Å². The van der Waals surface area contributed by atoms with E-state index in [1.165, 1.54) is 6.33 Å². The van der Waals surface area contributed by atoms with Crippen LogP contribution in [0.5, 0.6) is 0 Å². The van der Waals surface area contributed by atoms with Crippen LogP contribution in [0, 0.1) is 11.3 Å². The highest BCUT2D eigenvalue weighted by atomic mass is 35.5. The van der Waals surface area contributed by atoms with E-state index >= 15 is 0 Å². The fraction of sp³-hybridized carbons (Fsp3) is 0.0952. The van der Waals surface area contributed by atoms with Crippen molar-refractivity contribution in [3.05, 3.63) is 71.3 Å². The molecule has 0 aliphatic rings. The topological polar surface area (TPSA) is 113 Å². The van der Waals surface area contributed by atoms with Gasteiger partial charge < -0.3 is 11.1 Å². The first-order valence-electron chi connectivity index (χ1n) is 8.85. The lowest BCUT2D eigenvalue weighted by molar-refractivity contribution is 0.867. The summed E-state index contributed by atoms with van der Waals surface area (Å²) in [5, 5.41) is 14.2. The van der Waals surface area contributed by atoms with Gasteiger partial charge in [0.2, 0.25) is 0 Å². The van der Waals surface area contributed by atoms with Gasteiger partial charge in [-0.25, -0.2) is 9.97 Å². The Hall–Kier alpha value is -3.76. The van der Waals surface area contributed by atoms with Gasteiger partial charge in [-0.1, -0.05) is 17.7 Å². The quantitative estimate of drug-likeness (QED) is 0.522. The first-order chi connectivity index (χ1) is 14.1. The lowest BCUT2D eigenvalue weighted by atomic mass is 9.96. The third-order valence-electron chi connectivity index (χ3n) is 4.59. The summed E-state index contributed by atoms with van der Waals surface area (Å²) in [6, 6.07) is 13.1. The van der Waals surface area contributed by atoms with Gasteiger partial charge in [-0.3, -0.25) is 9.97 Å². The van der Waals surface area contributed by atoms with E-state index in [0.717, 1.165) is 27.7 Å². The fourth-order valence-corrected chi connectivity index (χ4v) is 3.38. The number of halogens is 1. The molecule has 0 saturated heterocycles. The normalized spacial score (nSPS) is 11.8. The summed E-state index contributed by atoms with van der Waals surface area (Å²) in [5.41, 5.74) is 9.43. The first-order valence-corrected chi connectivity index (χ1v) is 9.23.